The lowest BCUT2D eigenvalue weighted by Gasteiger charge is -2.17. The van der Waals surface area contributed by atoms with E-state index < -0.39 is 24.1 Å². The second kappa shape index (κ2) is 15.4. The fraction of sp³-hybridized carbons (Fsp3) is 0.333. The van der Waals surface area contributed by atoms with E-state index in [0.717, 1.165) is 40.2 Å². The Morgan fingerprint density at radius 1 is 0.744 bits per heavy atom. The Morgan fingerprint density at radius 2 is 1.13 bits per heavy atom. The van der Waals surface area contributed by atoms with Crippen molar-refractivity contribution in [1.29, 1.82) is 0 Å². The van der Waals surface area contributed by atoms with Crippen LogP contribution in [0.4, 0.5) is 0 Å². The molecular weight excluding hydrogens is 492 g/mol. The van der Waals surface area contributed by atoms with Crippen LogP contribution in [0.15, 0.2) is 72.9 Å². The first kappa shape index (κ1) is 31.2. The molecule has 0 aromatic heterocycles. The summed E-state index contributed by atoms with van der Waals surface area (Å²) >= 11 is 0. The Hall–Kier alpha value is -4.06. The number of hydrogen-bond acceptors (Lipinski definition) is 6. The second-order valence-electron chi connectivity index (χ2n) is 9.54. The number of benzene rings is 2. The Bertz CT molecular complexity index is 1140. The third kappa shape index (κ3) is 10.3. The highest BCUT2D eigenvalue weighted by atomic mass is 16.6. The van der Waals surface area contributed by atoms with Crippen LogP contribution in [0, 0.1) is 0 Å². The molecule has 0 aliphatic heterocycles. The average Bonchev–Trinajstić information content (AvgIpc) is 2.88. The molecule has 0 N–H and O–H groups in total. The van der Waals surface area contributed by atoms with Crippen molar-refractivity contribution in [2.75, 3.05) is 13.2 Å². The zero-order valence-electron chi connectivity index (χ0n) is 23.9. The highest BCUT2D eigenvalue weighted by molar-refractivity contribution is 5.87. The molecule has 0 heterocycles. The summed E-state index contributed by atoms with van der Waals surface area (Å²) in [6, 6.07) is 12.1. The first-order chi connectivity index (χ1) is 18.5. The summed E-state index contributed by atoms with van der Waals surface area (Å²) in [5.41, 5.74) is 4.85. The van der Waals surface area contributed by atoms with Crippen LogP contribution in [0.1, 0.15) is 63.8 Å². The zero-order valence-corrected chi connectivity index (χ0v) is 23.9. The second-order valence-corrected chi connectivity index (χ2v) is 9.54. The van der Waals surface area contributed by atoms with Crippen molar-refractivity contribution >= 4 is 24.1 Å². The summed E-state index contributed by atoms with van der Waals surface area (Å²) in [6.07, 6.45) is 7.82. The maximum absolute atomic E-state index is 11.7. The molecule has 0 radical (unpaired) electrons. The van der Waals surface area contributed by atoms with Crippen LogP contribution < -0.4 is 9.47 Å². The smallest absolute Gasteiger partial charge is 0.333 e. The molecule has 0 fully saturated rings. The molecule has 0 aliphatic rings. The number of ether oxygens (including phenoxy) is 4. The Morgan fingerprint density at radius 3 is 1.46 bits per heavy atom. The fourth-order valence-electron chi connectivity index (χ4n) is 3.58. The van der Waals surface area contributed by atoms with E-state index in [1.165, 1.54) is 0 Å². The van der Waals surface area contributed by atoms with Gasteiger partial charge in [0.15, 0.2) is 0 Å². The molecule has 0 saturated carbocycles. The number of hydrogen-bond donors (Lipinski definition) is 0. The van der Waals surface area contributed by atoms with Gasteiger partial charge in [0.05, 0.1) is 0 Å². The van der Waals surface area contributed by atoms with Crippen LogP contribution in [0.2, 0.25) is 0 Å². The molecular formula is C33H40O6. The normalized spacial score (nSPS) is 12.7. The van der Waals surface area contributed by atoms with Crippen molar-refractivity contribution in [1.82, 2.24) is 0 Å². The first-order valence-electron chi connectivity index (χ1n) is 13.0. The van der Waals surface area contributed by atoms with Crippen LogP contribution in [0.25, 0.3) is 12.2 Å². The minimum atomic E-state index is -0.426. The molecule has 0 amide bonds. The molecule has 2 aromatic carbocycles. The van der Waals surface area contributed by atoms with Crippen LogP contribution in [-0.4, -0.2) is 37.4 Å². The Kier molecular flexibility index (Phi) is 12.3. The molecule has 2 aromatic rings. The summed E-state index contributed by atoms with van der Waals surface area (Å²) in [5.74, 6) is 0.582. The third-order valence-corrected chi connectivity index (χ3v) is 5.51. The van der Waals surface area contributed by atoms with Crippen LogP contribution in [0.5, 0.6) is 11.5 Å². The molecule has 39 heavy (non-hydrogen) atoms. The van der Waals surface area contributed by atoms with Gasteiger partial charge >= 0.3 is 11.9 Å². The number of rotatable bonds is 14. The van der Waals surface area contributed by atoms with E-state index >= 15 is 0 Å². The van der Waals surface area contributed by atoms with Gasteiger partial charge in [-0.05, 0) is 83.4 Å². The molecule has 0 saturated heterocycles. The molecule has 2 unspecified atom stereocenters. The van der Waals surface area contributed by atoms with Crippen LogP contribution in [0.3, 0.4) is 0 Å². The van der Waals surface area contributed by atoms with Gasteiger partial charge in [0.2, 0.25) is 0 Å². The number of allylic oxidation sites excluding steroid dienone is 2. The molecule has 6 heteroatoms. The van der Waals surface area contributed by atoms with Crippen molar-refractivity contribution in [3.63, 3.8) is 0 Å². The number of esters is 2. The molecule has 0 bridgehead atoms. The van der Waals surface area contributed by atoms with Gasteiger partial charge in [-0.3, -0.25) is 0 Å². The quantitative estimate of drug-likeness (QED) is 0.191. The monoisotopic (exact) mass is 532 g/mol. The fourth-order valence-corrected chi connectivity index (χ4v) is 3.58. The lowest BCUT2D eigenvalue weighted by molar-refractivity contribution is -0.145. The summed E-state index contributed by atoms with van der Waals surface area (Å²) in [6.45, 7) is 18.4. The lowest BCUT2D eigenvalue weighted by atomic mass is 9.99. The van der Waals surface area contributed by atoms with E-state index in [-0.39, 0.29) is 13.2 Å². The Balaban J connectivity index is 2.13. The Labute approximate surface area is 232 Å². The highest BCUT2D eigenvalue weighted by Gasteiger charge is 2.14. The van der Waals surface area contributed by atoms with Gasteiger partial charge in [-0.1, -0.05) is 49.6 Å². The highest BCUT2D eigenvalue weighted by Crippen LogP contribution is 2.27. The van der Waals surface area contributed by atoms with Gasteiger partial charge in [-0.25, -0.2) is 9.59 Å². The minimum absolute atomic E-state index is 0.238. The number of carbonyl (C=O) groups is 2. The number of carbonyl (C=O) groups excluding carboxylic acids is 2. The van der Waals surface area contributed by atoms with Gasteiger partial charge in [0.1, 0.15) is 36.9 Å². The molecule has 2 atom stereocenters. The maximum atomic E-state index is 11.7. The summed E-state index contributed by atoms with van der Waals surface area (Å²) in [4.78, 5) is 23.5. The van der Waals surface area contributed by atoms with Crippen molar-refractivity contribution in [2.45, 2.75) is 60.2 Å². The van der Waals surface area contributed by atoms with E-state index in [4.69, 9.17) is 18.9 Å². The van der Waals surface area contributed by atoms with Gasteiger partial charge in [-0.2, -0.15) is 0 Å². The van der Waals surface area contributed by atoms with Crippen LogP contribution >= 0.6 is 0 Å². The molecule has 0 spiro atoms. The van der Waals surface area contributed by atoms with E-state index in [1.807, 2.05) is 62.4 Å². The third-order valence-electron chi connectivity index (χ3n) is 5.51. The minimum Gasteiger partial charge on any atom is -0.489 e. The summed E-state index contributed by atoms with van der Waals surface area (Å²) in [7, 11) is 0. The summed E-state index contributed by atoms with van der Waals surface area (Å²) < 4.78 is 22.6. The first-order valence-corrected chi connectivity index (χ1v) is 13.0. The molecule has 0 aliphatic carbocycles. The topological polar surface area (TPSA) is 71.1 Å². The van der Waals surface area contributed by atoms with Gasteiger partial charge in [-0.15, -0.1) is 0 Å². The van der Waals surface area contributed by atoms with Crippen molar-refractivity contribution in [3.05, 3.63) is 95.1 Å². The van der Waals surface area contributed by atoms with Crippen molar-refractivity contribution in [3.8, 4) is 11.5 Å². The van der Waals surface area contributed by atoms with E-state index in [1.54, 1.807) is 27.7 Å². The van der Waals surface area contributed by atoms with E-state index in [0.29, 0.717) is 11.1 Å². The van der Waals surface area contributed by atoms with E-state index in [9.17, 15) is 9.59 Å². The largest absolute Gasteiger partial charge is 0.489 e. The SMILES string of the molecule is C=C(C)C(=O)OC(C)COc1ccc(Cc2ccc(OCC(C)OC(=O)C(=C)C)c(/C=C\C)c2)cc1/C=C\C. The average molecular weight is 533 g/mol. The predicted octanol–water partition coefficient (Wildman–Crippen LogP) is 7.12. The molecule has 6 nitrogen and oxygen atoms in total. The maximum Gasteiger partial charge on any atom is 0.333 e. The van der Waals surface area contributed by atoms with Gasteiger partial charge < -0.3 is 18.9 Å². The lowest BCUT2D eigenvalue weighted by Crippen LogP contribution is -2.22. The van der Waals surface area contributed by atoms with Crippen molar-refractivity contribution < 1.29 is 28.5 Å². The molecule has 208 valence electrons. The van der Waals surface area contributed by atoms with Crippen molar-refractivity contribution in [2.24, 2.45) is 0 Å². The molecule has 2 rings (SSSR count). The summed E-state index contributed by atoms with van der Waals surface area (Å²) in [5, 5.41) is 0. The standard InChI is InChI=1S/C33H40O6/c1-9-11-28-18-26(13-15-30(28)36-20-24(7)38-32(34)22(3)4)17-27-14-16-31(29(19-27)12-10-2)37-21-25(8)39-33(35)23(5)6/h9-16,18-19,24-25H,3,5,17,20-21H2,1-2,4,6-8H3/b11-9-,12-10-. The van der Waals surface area contributed by atoms with Gasteiger partial charge in [0, 0.05) is 22.3 Å². The zero-order chi connectivity index (χ0) is 28.9. The van der Waals surface area contributed by atoms with Crippen LogP contribution in [-0.2, 0) is 25.5 Å². The van der Waals surface area contributed by atoms with Gasteiger partial charge in [0.25, 0.3) is 0 Å². The predicted molar refractivity (Wildman–Crippen MR) is 157 cm³/mol. The van der Waals surface area contributed by atoms with E-state index in [2.05, 4.69) is 25.3 Å².